The number of rotatable bonds is 2. The summed E-state index contributed by atoms with van der Waals surface area (Å²) in [6.45, 7) is 1.74. The van der Waals surface area contributed by atoms with Crippen LogP contribution < -0.4 is 11.1 Å². The molecule has 0 aliphatic rings. The highest BCUT2D eigenvalue weighted by atomic mass is 16.3. The van der Waals surface area contributed by atoms with E-state index in [1.165, 1.54) is 18.5 Å². The number of carbonyl (C=O) groups excluding carboxylic acids is 1. The van der Waals surface area contributed by atoms with Crippen LogP contribution in [0.15, 0.2) is 18.5 Å². The minimum absolute atomic E-state index is 0.111. The molecule has 0 fully saturated rings. The predicted octanol–water partition coefficient (Wildman–Crippen LogP) is 0.653. The Morgan fingerprint density at radius 2 is 2.35 bits per heavy atom. The zero-order valence-corrected chi connectivity index (χ0v) is 9.06. The second-order valence-electron chi connectivity index (χ2n) is 3.46. The highest BCUT2D eigenvalue weighted by molar-refractivity contribution is 6.06. The molecule has 0 saturated heterocycles. The minimum Gasteiger partial charge on any atom is -0.505 e. The molecule has 0 radical (unpaired) electrons. The van der Waals surface area contributed by atoms with Gasteiger partial charge in [-0.05, 0) is 13.0 Å². The average molecular weight is 233 g/mol. The summed E-state index contributed by atoms with van der Waals surface area (Å²) < 4.78 is 0. The van der Waals surface area contributed by atoms with Crippen LogP contribution in [0.3, 0.4) is 0 Å². The van der Waals surface area contributed by atoms with Crippen molar-refractivity contribution in [3.63, 3.8) is 0 Å². The zero-order valence-electron chi connectivity index (χ0n) is 9.06. The van der Waals surface area contributed by atoms with Gasteiger partial charge in [0.25, 0.3) is 5.91 Å². The third-order valence-electron chi connectivity index (χ3n) is 2.27. The van der Waals surface area contributed by atoms with Crippen molar-refractivity contribution in [3.05, 3.63) is 29.7 Å². The molecule has 17 heavy (non-hydrogen) atoms. The number of carbonyl (C=O) groups is 1. The standard InChI is InChI=1S/C10H11N5O2/c1-5-8(11)9(15-14-5)13-10(17)6-2-3-12-4-7(6)16/h2-4,16H,11H2,1H3,(H2,13,14,15,17). The van der Waals surface area contributed by atoms with Crippen LogP contribution >= 0.6 is 0 Å². The lowest BCUT2D eigenvalue weighted by Gasteiger charge is -2.04. The summed E-state index contributed by atoms with van der Waals surface area (Å²) in [5, 5.41) is 18.4. The van der Waals surface area contributed by atoms with Crippen LogP contribution in [0, 0.1) is 6.92 Å². The van der Waals surface area contributed by atoms with Gasteiger partial charge in [-0.2, -0.15) is 5.10 Å². The molecule has 0 aliphatic carbocycles. The molecule has 0 aromatic carbocycles. The summed E-state index contributed by atoms with van der Waals surface area (Å²) in [6, 6.07) is 1.40. The third-order valence-corrected chi connectivity index (χ3v) is 2.27. The summed E-state index contributed by atoms with van der Waals surface area (Å²) in [5.41, 5.74) is 6.83. The molecule has 5 N–H and O–H groups in total. The quantitative estimate of drug-likeness (QED) is 0.607. The van der Waals surface area contributed by atoms with Crippen LogP contribution in [0.4, 0.5) is 11.5 Å². The van der Waals surface area contributed by atoms with Crippen molar-refractivity contribution in [2.75, 3.05) is 11.1 Å². The number of pyridine rings is 1. The van der Waals surface area contributed by atoms with Gasteiger partial charge in [0.05, 0.1) is 23.1 Å². The lowest BCUT2D eigenvalue weighted by Crippen LogP contribution is -2.13. The molecule has 2 rings (SSSR count). The van der Waals surface area contributed by atoms with Gasteiger partial charge in [0.1, 0.15) is 5.75 Å². The van der Waals surface area contributed by atoms with Gasteiger partial charge in [0, 0.05) is 6.20 Å². The Bertz CT molecular complexity index is 564. The monoisotopic (exact) mass is 233 g/mol. The summed E-state index contributed by atoms with van der Waals surface area (Å²) in [7, 11) is 0. The molecule has 0 saturated carbocycles. The number of hydrogen-bond donors (Lipinski definition) is 4. The minimum atomic E-state index is -0.497. The number of aromatic hydroxyl groups is 1. The fourth-order valence-corrected chi connectivity index (χ4v) is 1.29. The van der Waals surface area contributed by atoms with Gasteiger partial charge in [-0.1, -0.05) is 0 Å². The molecule has 2 aromatic rings. The number of amides is 1. The van der Waals surface area contributed by atoms with Gasteiger partial charge in [-0.15, -0.1) is 0 Å². The number of anilines is 2. The van der Waals surface area contributed by atoms with Crippen LogP contribution in [0.2, 0.25) is 0 Å². The van der Waals surface area contributed by atoms with Crippen LogP contribution in [0.1, 0.15) is 16.1 Å². The molecule has 0 atom stereocenters. The van der Waals surface area contributed by atoms with E-state index in [2.05, 4.69) is 20.5 Å². The van der Waals surface area contributed by atoms with Gasteiger partial charge < -0.3 is 16.2 Å². The molecule has 7 nitrogen and oxygen atoms in total. The maximum Gasteiger partial charge on any atom is 0.260 e. The molecule has 0 aliphatic heterocycles. The SMILES string of the molecule is Cc1[nH]nc(NC(=O)c2ccncc2O)c1N. The Morgan fingerprint density at radius 1 is 1.59 bits per heavy atom. The Labute approximate surface area is 96.7 Å². The summed E-state index contributed by atoms with van der Waals surface area (Å²) >= 11 is 0. The highest BCUT2D eigenvalue weighted by Crippen LogP contribution is 2.20. The number of aromatic nitrogens is 3. The number of nitrogens with one attached hydrogen (secondary N) is 2. The maximum atomic E-state index is 11.8. The lowest BCUT2D eigenvalue weighted by atomic mass is 10.2. The van der Waals surface area contributed by atoms with Crippen molar-refractivity contribution in [1.29, 1.82) is 0 Å². The number of nitrogens with zero attached hydrogens (tertiary/aromatic N) is 2. The van der Waals surface area contributed by atoms with Crippen LogP contribution in [0.25, 0.3) is 0 Å². The fourth-order valence-electron chi connectivity index (χ4n) is 1.29. The van der Waals surface area contributed by atoms with Gasteiger partial charge in [0.15, 0.2) is 5.82 Å². The van der Waals surface area contributed by atoms with E-state index in [0.29, 0.717) is 11.4 Å². The van der Waals surface area contributed by atoms with Gasteiger partial charge in [-0.3, -0.25) is 14.9 Å². The normalized spacial score (nSPS) is 10.2. The first kappa shape index (κ1) is 10.9. The second kappa shape index (κ2) is 4.12. The van der Waals surface area contributed by atoms with Crippen molar-refractivity contribution in [1.82, 2.24) is 15.2 Å². The fraction of sp³-hybridized carbons (Fsp3) is 0.100. The smallest absolute Gasteiger partial charge is 0.260 e. The number of H-pyrrole nitrogens is 1. The predicted molar refractivity (Wildman–Crippen MR) is 61.6 cm³/mol. The van der Waals surface area contributed by atoms with E-state index in [-0.39, 0.29) is 17.1 Å². The Morgan fingerprint density at radius 3 is 2.94 bits per heavy atom. The van der Waals surface area contributed by atoms with Gasteiger partial charge in [-0.25, -0.2) is 0 Å². The first-order valence-electron chi connectivity index (χ1n) is 4.84. The van der Waals surface area contributed by atoms with Crippen molar-refractivity contribution in [2.24, 2.45) is 0 Å². The number of aryl methyl sites for hydroxylation is 1. The highest BCUT2D eigenvalue weighted by Gasteiger charge is 2.14. The largest absolute Gasteiger partial charge is 0.505 e. The Kier molecular flexibility index (Phi) is 2.65. The second-order valence-corrected chi connectivity index (χ2v) is 3.46. The molecule has 7 heteroatoms. The lowest BCUT2D eigenvalue weighted by molar-refractivity contribution is 0.102. The van der Waals surface area contributed by atoms with E-state index in [1.807, 2.05) is 0 Å². The van der Waals surface area contributed by atoms with E-state index >= 15 is 0 Å². The zero-order chi connectivity index (χ0) is 12.4. The molecule has 0 unspecified atom stereocenters. The topological polar surface area (TPSA) is 117 Å². The summed E-state index contributed by atoms with van der Waals surface area (Å²) in [5.74, 6) is -0.456. The first-order valence-corrected chi connectivity index (χ1v) is 4.84. The van der Waals surface area contributed by atoms with Crippen molar-refractivity contribution < 1.29 is 9.90 Å². The maximum absolute atomic E-state index is 11.8. The van der Waals surface area contributed by atoms with Crippen LogP contribution in [-0.4, -0.2) is 26.2 Å². The number of aromatic amines is 1. The number of nitrogen functional groups attached to an aromatic ring is 1. The Balaban J connectivity index is 2.23. The van der Waals surface area contributed by atoms with Gasteiger partial charge in [0.2, 0.25) is 0 Å². The Hall–Kier alpha value is -2.57. The summed E-state index contributed by atoms with van der Waals surface area (Å²) in [4.78, 5) is 15.5. The van der Waals surface area contributed by atoms with Crippen molar-refractivity contribution >= 4 is 17.4 Å². The van der Waals surface area contributed by atoms with Gasteiger partial charge >= 0.3 is 0 Å². The molecule has 88 valence electrons. The number of hydrogen-bond acceptors (Lipinski definition) is 5. The third kappa shape index (κ3) is 2.03. The van der Waals surface area contributed by atoms with Crippen molar-refractivity contribution in [2.45, 2.75) is 6.92 Å². The van der Waals surface area contributed by atoms with E-state index in [9.17, 15) is 9.90 Å². The van der Waals surface area contributed by atoms with E-state index in [1.54, 1.807) is 6.92 Å². The molecule has 0 spiro atoms. The molecular formula is C10H11N5O2. The van der Waals surface area contributed by atoms with E-state index in [0.717, 1.165) is 0 Å². The average Bonchev–Trinajstić information content (AvgIpc) is 2.61. The van der Waals surface area contributed by atoms with E-state index in [4.69, 9.17) is 5.73 Å². The van der Waals surface area contributed by atoms with Crippen LogP contribution in [-0.2, 0) is 0 Å². The van der Waals surface area contributed by atoms with E-state index < -0.39 is 5.91 Å². The molecular weight excluding hydrogens is 222 g/mol. The molecule has 2 aromatic heterocycles. The van der Waals surface area contributed by atoms with Crippen LogP contribution in [0.5, 0.6) is 5.75 Å². The number of nitrogens with two attached hydrogens (primary N) is 1. The first-order chi connectivity index (χ1) is 8.09. The molecule has 0 bridgehead atoms. The molecule has 1 amide bonds. The van der Waals surface area contributed by atoms with Crippen molar-refractivity contribution in [3.8, 4) is 5.75 Å². The molecule has 2 heterocycles. The summed E-state index contributed by atoms with van der Waals surface area (Å²) in [6.07, 6.45) is 2.60.